The zero-order valence-electron chi connectivity index (χ0n) is 11.7. The van der Waals surface area contributed by atoms with Gasteiger partial charge in [0.05, 0.1) is 5.75 Å². The van der Waals surface area contributed by atoms with Gasteiger partial charge in [-0.1, -0.05) is 35.7 Å². The second-order valence-electron chi connectivity index (χ2n) is 5.41. The molecule has 1 amide bonds. The minimum absolute atomic E-state index is 0.105. The number of amides is 1. The molecule has 1 aliphatic rings. The normalized spacial score (nSPS) is 22.5. The van der Waals surface area contributed by atoms with Gasteiger partial charge in [0.2, 0.25) is 5.91 Å². The molecule has 0 aromatic heterocycles. The average Bonchev–Trinajstić information content (AvgIpc) is 2.42. The first-order valence-electron chi connectivity index (χ1n) is 7.03. The van der Waals surface area contributed by atoms with Crippen LogP contribution in [0.2, 0.25) is 0 Å². The number of nitrogens with two attached hydrogens (primary N) is 1. The van der Waals surface area contributed by atoms with E-state index in [2.05, 4.69) is 28.2 Å². The van der Waals surface area contributed by atoms with E-state index in [0.717, 1.165) is 21.5 Å². The summed E-state index contributed by atoms with van der Waals surface area (Å²) in [6.07, 6.45) is 4.84. The number of carbonyl (C=O) groups excluding carboxylic acids is 1. The Hall–Kier alpha value is -0.680. The molecule has 3 N–H and O–H groups in total. The molecule has 1 saturated carbocycles. The summed E-state index contributed by atoms with van der Waals surface area (Å²) in [6.45, 7) is 2.23. The van der Waals surface area contributed by atoms with Crippen molar-refractivity contribution in [3.8, 4) is 0 Å². The molecule has 2 atom stereocenters. The lowest BCUT2D eigenvalue weighted by Crippen LogP contribution is -2.41. The summed E-state index contributed by atoms with van der Waals surface area (Å²) in [7, 11) is 0. The van der Waals surface area contributed by atoms with E-state index in [1.54, 1.807) is 0 Å². The first-order valence-corrected chi connectivity index (χ1v) is 8.81. The van der Waals surface area contributed by atoms with Gasteiger partial charge in [0.25, 0.3) is 0 Å². The first kappa shape index (κ1) is 15.7. The number of hydrogen-bond donors (Lipinski definition) is 2. The molecule has 0 bridgehead atoms. The fourth-order valence-electron chi connectivity index (χ4n) is 2.56. The van der Waals surface area contributed by atoms with Crippen molar-refractivity contribution in [1.29, 1.82) is 0 Å². The van der Waals surface area contributed by atoms with E-state index in [1.165, 1.54) is 31.0 Å². The molecule has 1 aromatic carbocycles. The van der Waals surface area contributed by atoms with Gasteiger partial charge < -0.3 is 11.1 Å². The van der Waals surface area contributed by atoms with E-state index >= 15 is 0 Å². The standard InChI is InChI=1S/C15H21BrN2OS/c1-10-4-2-3-5-13(10)18-15(19)9-20-14-8-11(16)6-7-12(14)17/h6-8,10,13H,2-5,9,17H2,1H3,(H,18,19). The third-order valence-corrected chi connectivity index (χ3v) is 5.36. The van der Waals surface area contributed by atoms with Crippen LogP contribution < -0.4 is 11.1 Å². The summed E-state index contributed by atoms with van der Waals surface area (Å²) in [4.78, 5) is 13.0. The molecular formula is C15H21BrN2OS. The fourth-order valence-corrected chi connectivity index (χ4v) is 3.88. The highest BCUT2D eigenvalue weighted by Gasteiger charge is 2.22. The van der Waals surface area contributed by atoms with E-state index < -0.39 is 0 Å². The molecule has 0 heterocycles. The Balaban J connectivity index is 1.84. The van der Waals surface area contributed by atoms with Crippen molar-refractivity contribution >= 4 is 39.3 Å². The Kier molecular flexibility index (Phi) is 5.78. The molecule has 0 aliphatic heterocycles. The molecule has 2 rings (SSSR count). The quantitative estimate of drug-likeness (QED) is 0.636. The van der Waals surface area contributed by atoms with Crippen molar-refractivity contribution in [2.24, 2.45) is 5.92 Å². The van der Waals surface area contributed by atoms with Crippen molar-refractivity contribution in [3.05, 3.63) is 22.7 Å². The van der Waals surface area contributed by atoms with Gasteiger partial charge >= 0.3 is 0 Å². The second-order valence-corrected chi connectivity index (χ2v) is 7.34. The Morgan fingerprint density at radius 2 is 2.20 bits per heavy atom. The molecule has 2 unspecified atom stereocenters. The summed E-state index contributed by atoms with van der Waals surface area (Å²) in [5.74, 6) is 1.12. The van der Waals surface area contributed by atoms with E-state index in [1.807, 2.05) is 18.2 Å². The van der Waals surface area contributed by atoms with Crippen LogP contribution in [0.1, 0.15) is 32.6 Å². The molecule has 0 spiro atoms. The van der Waals surface area contributed by atoms with Crippen LogP contribution in [0, 0.1) is 5.92 Å². The lowest BCUT2D eigenvalue weighted by atomic mass is 9.86. The number of nitrogens with one attached hydrogen (secondary N) is 1. The van der Waals surface area contributed by atoms with Crippen LogP contribution in [-0.2, 0) is 4.79 Å². The van der Waals surface area contributed by atoms with E-state index in [4.69, 9.17) is 5.73 Å². The monoisotopic (exact) mass is 356 g/mol. The molecule has 1 fully saturated rings. The maximum absolute atomic E-state index is 12.0. The SMILES string of the molecule is CC1CCCCC1NC(=O)CSc1cc(Br)ccc1N. The number of nitrogen functional groups attached to an aromatic ring is 1. The van der Waals surface area contributed by atoms with Gasteiger partial charge in [0.15, 0.2) is 0 Å². The van der Waals surface area contributed by atoms with Gasteiger partial charge in [-0.15, -0.1) is 11.8 Å². The number of benzene rings is 1. The lowest BCUT2D eigenvalue weighted by molar-refractivity contribution is -0.119. The largest absolute Gasteiger partial charge is 0.398 e. The van der Waals surface area contributed by atoms with Crippen molar-refractivity contribution in [2.45, 2.75) is 43.5 Å². The summed E-state index contributed by atoms with van der Waals surface area (Å²) in [6, 6.07) is 6.06. The Bertz CT molecular complexity index is 481. The molecule has 3 nitrogen and oxygen atoms in total. The van der Waals surface area contributed by atoms with Gasteiger partial charge in [-0.25, -0.2) is 0 Å². The molecule has 1 aliphatic carbocycles. The van der Waals surface area contributed by atoms with Crippen LogP contribution in [0.25, 0.3) is 0 Å². The fraction of sp³-hybridized carbons (Fsp3) is 0.533. The number of halogens is 1. The zero-order valence-corrected chi connectivity index (χ0v) is 14.1. The minimum atomic E-state index is 0.105. The van der Waals surface area contributed by atoms with Crippen LogP contribution in [0.5, 0.6) is 0 Å². The molecule has 5 heteroatoms. The molecule has 1 aromatic rings. The number of carbonyl (C=O) groups is 1. The summed E-state index contributed by atoms with van der Waals surface area (Å²) in [5.41, 5.74) is 6.63. The van der Waals surface area contributed by atoms with Gasteiger partial charge in [-0.05, 0) is 37.0 Å². The van der Waals surface area contributed by atoms with E-state index in [0.29, 0.717) is 17.7 Å². The molecule has 0 radical (unpaired) electrons. The molecular weight excluding hydrogens is 336 g/mol. The Labute approximate surface area is 133 Å². The second kappa shape index (κ2) is 7.36. The van der Waals surface area contributed by atoms with Crippen LogP contribution in [0.15, 0.2) is 27.6 Å². The molecule has 20 heavy (non-hydrogen) atoms. The molecule has 110 valence electrons. The summed E-state index contributed by atoms with van der Waals surface area (Å²) in [5, 5.41) is 3.16. The molecule has 0 saturated heterocycles. The zero-order chi connectivity index (χ0) is 14.5. The van der Waals surface area contributed by atoms with Gasteiger partial charge in [-0.3, -0.25) is 4.79 Å². The maximum atomic E-state index is 12.0. The van der Waals surface area contributed by atoms with E-state index in [-0.39, 0.29) is 5.91 Å². The van der Waals surface area contributed by atoms with Crippen LogP contribution in [0.3, 0.4) is 0 Å². The van der Waals surface area contributed by atoms with Crippen molar-refractivity contribution in [1.82, 2.24) is 5.32 Å². The lowest BCUT2D eigenvalue weighted by Gasteiger charge is -2.29. The predicted octanol–water partition coefficient (Wildman–Crippen LogP) is 3.82. The third kappa shape index (κ3) is 4.42. The highest BCUT2D eigenvalue weighted by Crippen LogP contribution is 2.28. The average molecular weight is 357 g/mol. The highest BCUT2D eigenvalue weighted by atomic mass is 79.9. The number of rotatable bonds is 4. The highest BCUT2D eigenvalue weighted by molar-refractivity contribution is 9.10. The van der Waals surface area contributed by atoms with E-state index in [9.17, 15) is 4.79 Å². The summed E-state index contributed by atoms with van der Waals surface area (Å²) < 4.78 is 0.982. The minimum Gasteiger partial charge on any atom is -0.398 e. The van der Waals surface area contributed by atoms with Crippen molar-refractivity contribution < 1.29 is 4.79 Å². The first-order chi connectivity index (χ1) is 9.56. The van der Waals surface area contributed by atoms with Gasteiger partial charge in [0.1, 0.15) is 0 Å². The summed E-state index contributed by atoms with van der Waals surface area (Å²) >= 11 is 4.91. The smallest absolute Gasteiger partial charge is 0.230 e. The maximum Gasteiger partial charge on any atom is 0.230 e. The topological polar surface area (TPSA) is 55.1 Å². The number of thioether (sulfide) groups is 1. The van der Waals surface area contributed by atoms with Gasteiger partial charge in [0, 0.05) is 21.1 Å². The third-order valence-electron chi connectivity index (χ3n) is 3.79. The van der Waals surface area contributed by atoms with Crippen molar-refractivity contribution in [3.63, 3.8) is 0 Å². The van der Waals surface area contributed by atoms with Crippen LogP contribution in [0.4, 0.5) is 5.69 Å². The van der Waals surface area contributed by atoms with Crippen LogP contribution in [-0.4, -0.2) is 17.7 Å². The predicted molar refractivity (Wildman–Crippen MR) is 88.8 cm³/mol. The van der Waals surface area contributed by atoms with Crippen LogP contribution >= 0.6 is 27.7 Å². The Morgan fingerprint density at radius 1 is 1.45 bits per heavy atom. The number of anilines is 1. The van der Waals surface area contributed by atoms with Crippen molar-refractivity contribution in [2.75, 3.05) is 11.5 Å². The Morgan fingerprint density at radius 3 is 2.95 bits per heavy atom. The number of hydrogen-bond acceptors (Lipinski definition) is 3. The van der Waals surface area contributed by atoms with Gasteiger partial charge in [-0.2, -0.15) is 0 Å².